The summed E-state index contributed by atoms with van der Waals surface area (Å²) in [5.41, 5.74) is 0. The first-order chi connectivity index (χ1) is 3.91. The average molecular weight is 152 g/mol. The Morgan fingerprint density at radius 3 is 2.50 bits per heavy atom. The Morgan fingerprint density at radius 2 is 2.00 bits per heavy atom. The zero-order chi connectivity index (χ0) is 6.24. The molecule has 0 saturated carbocycles. The van der Waals surface area contributed by atoms with Gasteiger partial charge in [0.1, 0.15) is 0 Å². The summed E-state index contributed by atoms with van der Waals surface area (Å²) < 4.78 is 3.00. The summed E-state index contributed by atoms with van der Waals surface area (Å²) in [4.78, 5) is 0. The second kappa shape index (κ2) is 7.49. The Morgan fingerprint density at radius 1 is 1.25 bits per heavy atom. The summed E-state index contributed by atoms with van der Waals surface area (Å²) in [6.07, 6.45) is 5.38. The second-order valence-electron chi connectivity index (χ2n) is 1.95. The van der Waals surface area contributed by atoms with Crippen LogP contribution in [0.25, 0.3) is 0 Å². The van der Waals surface area contributed by atoms with Gasteiger partial charge < -0.3 is 0 Å². The van der Waals surface area contributed by atoms with E-state index in [1.807, 2.05) is 0 Å². The molecule has 0 aromatic rings. The molecule has 49 valence electrons. The maximum atomic E-state index is 3.00. The van der Waals surface area contributed by atoms with Crippen LogP contribution < -0.4 is 4.30 Å². The van der Waals surface area contributed by atoms with Crippen LogP contribution >= 0.6 is 0 Å². The summed E-state index contributed by atoms with van der Waals surface area (Å²) in [7, 11) is 0. The van der Waals surface area contributed by atoms with E-state index in [4.69, 9.17) is 0 Å². The molecule has 2 heteroatoms. The molecule has 0 aromatic heterocycles. The van der Waals surface area contributed by atoms with E-state index in [-0.39, 0.29) is 0 Å². The molecule has 0 radical (unpaired) electrons. The van der Waals surface area contributed by atoms with E-state index < -0.39 is 0 Å². The minimum absolute atomic E-state index is 1.12. The molecule has 0 spiro atoms. The molecule has 0 aliphatic rings. The van der Waals surface area contributed by atoms with Crippen molar-refractivity contribution in [2.75, 3.05) is 6.54 Å². The van der Waals surface area contributed by atoms with E-state index in [1.54, 1.807) is 0 Å². The van der Waals surface area contributed by atoms with Crippen molar-refractivity contribution >= 4 is 0 Å². The number of nitrogens with one attached hydrogen (secondary N) is 1. The summed E-state index contributed by atoms with van der Waals surface area (Å²) in [5.74, 6) is 0. The first kappa shape index (κ1) is 8.49. The Balaban J connectivity index is 2.53. The van der Waals surface area contributed by atoms with E-state index in [1.165, 1.54) is 25.7 Å². The van der Waals surface area contributed by atoms with Crippen LogP contribution in [0.5, 0.6) is 0 Å². The summed E-state index contributed by atoms with van der Waals surface area (Å²) in [6.45, 7) is 3.35. The Hall–Kier alpha value is 0.492. The number of hydrogen-bond acceptors (Lipinski definition) is 1. The molecule has 1 nitrogen and oxygen atoms in total. The maximum absolute atomic E-state index is 3.00. The molecular formula is C6H14CrN. The van der Waals surface area contributed by atoms with Crippen molar-refractivity contribution in [3.8, 4) is 0 Å². The van der Waals surface area contributed by atoms with Crippen LogP contribution in [0, 0.1) is 0 Å². The normalized spacial score (nSPS) is 9.62. The van der Waals surface area contributed by atoms with E-state index in [2.05, 4.69) is 27.7 Å². The van der Waals surface area contributed by atoms with E-state index in [9.17, 15) is 0 Å². The van der Waals surface area contributed by atoms with Crippen molar-refractivity contribution in [2.45, 2.75) is 32.6 Å². The third kappa shape index (κ3) is 6.49. The molecule has 8 heavy (non-hydrogen) atoms. The zero-order valence-electron chi connectivity index (χ0n) is 5.44. The van der Waals surface area contributed by atoms with Gasteiger partial charge in [-0.1, -0.05) is 0 Å². The van der Waals surface area contributed by atoms with Crippen molar-refractivity contribution in [2.24, 2.45) is 0 Å². The molecule has 0 aliphatic heterocycles. The molecule has 0 heterocycles. The fourth-order valence-electron chi connectivity index (χ4n) is 0.624. The Labute approximate surface area is 60.5 Å². The number of hydrogen-bond donors (Lipinski definition) is 1. The summed E-state index contributed by atoms with van der Waals surface area (Å²) >= 11 is 2.77. The molecule has 0 saturated heterocycles. The minimum atomic E-state index is 1.12. The number of unbranched alkanes of at least 4 members (excludes halogenated alkanes) is 3. The van der Waals surface area contributed by atoms with E-state index in [0.29, 0.717) is 0 Å². The Kier molecular flexibility index (Phi) is 7.95. The number of rotatable bonds is 5. The van der Waals surface area contributed by atoms with Crippen LogP contribution in [0.15, 0.2) is 0 Å². The van der Waals surface area contributed by atoms with Crippen molar-refractivity contribution in [3.05, 3.63) is 0 Å². The monoisotopic (exact) mass is 152 g/mol. The molecular weight excluding hydrogens is 138 g/mol. The van der Waals surface area contributed by atoms with Gasteiger partial charge >= 0.3 is 60.0 Å². The van der Waals surface area contributed by atoms with E-state index in [0.717, 1.165) is 6.54 Å². The van der Waals surface area contributed by atoms with Crippen molar-refractivity contribution < 1.29 is 16.5 Å². The third-order valence-corrected chi connectivity index (χ3v) is 1.45. The molecule has 0 fully saturated rings. The van der Waals surface area contributed by atoms with Gasteiger partial charge in [0.2, 0.25) is 0 Å². The van der Waals surface area contributed by atoms with Gasteiger partial charge in [0, 0.05) is 0 Å². The fourth-order valence-corrected chi connectivity index (χ4v) is 0.849. The second-order valence-corrected chi connectivity index (χ2v) is 2.41. The van der Waals surface area contributed by atoms with Crippen molar-refractivity contribution in [1.29, 1.82) is 0 Å². The van der Waals surface area contributed by atoms with Gasteiger partial charge in [0.25, 0.3) is 0 Å². The molecule has 0 aromatic carbocycles. The first-order valence-corrected chi connectivity index (χ1v) is 3.90. The molecule has 1 N–H and O–H groups in total. The van der Waals surface area contributed by atoms with Gasteiger partial charge in [-0.3, -0.25) is 0 Å². The van der Waals surface area contributed by atoms with Crippen LogP contribution in [-0.4, -0.2) is 6.54 Å². The third-order valence-electron chi connectivity index (χ3n) is 1.13. The zero-order valence-corrected chi connectivity index (χ0v) is 6.72. The van der Waals surface area contributed by atoms with Crippen LogP contribution in [0.2, 0.25) is 0 Å². The summed E-state index contributed by atoms with van der Waals surface area (Å²) in [6, 6.07) is 0. The average Bonchev–Trinajstić information content (AvgIpc) is 1.81. The predicted octanol–water partition coefficient (Wildman–Crippen LogP) is 1.62. The van der Waals surface area contributed by atoms with Gasteiger partial charge in [0.15, 0.2) is 0 Å². The summed E-state index contributed by atoms with van der Waals surface area (Å²) in [5, 5.41) is 0. The van der Waals surface area contributed by atoms with Crippen molar-refractivity contribution in [1.82, 2.24) is 4.30 Å². The molecule has 0 atom stereocenters. The van der Waals surface area contributed by atoms with Gasteiger partial charge in [-0.15, -0.1) is 0 Å². The molecule has 0 unspecified atom stereocenters. The van der Waals surface area contributed by atoms with Crippen LogP contribution in [-0.2, 0) is 16.5 Å². The SMILES string of the molecule is CCCCCC[NH][Cr]. The standard InChI is InChI=1S/C6H14N.Cr/c1-2-3-4-5-6-7;/h7H,2-6H2,1H3;/q-1;+1. The van der Waals surface area contributed by atoms with Gasteiger partial charge in [-0.25, -0.2) is 0 Å². The van der Waals surface area contributed by atoms with Crippen LogP contribution in [0.1, 0.15) is 32.6 Å². The fraction of sp³-hybridized carbons (Fsp3) is 1.00. The molecule has 0 rings (SSSR count). The predicted molar refractivity (Wildman–Crippen MR) is 32.1 cm³/mol. The molecule has 0 aliphatic carbocycles. The first-order valence-electron chi connectivity index (χ1n) is 3.26. The topological polar surface area (TPSA) is 12.0 Å². The molecule has 0 amide bonds. The molecule has 0 bridgehead atoms. The van der Waals surface area contributed by atoms with Gasteiger partial charge in [-0.2, -0.15) is 0 Å². The Bertz CT molecular complexity index is 33.5. The van der Waals surface area contributed by atoms with Crippen LogP contribution in [0.4, 0.5) is 0 Å². The van der Waals surface area contributed by atoms with Crippen molar-refractivity contribution in [3.63, 3.8) is 0 Å². The van der Waals surface area contributed by atoms with Gasteiger partial charge in [-0.05, 0) is 0 Å². The van der Waals surface area contributed by atoms with Crippen LogP contribution in [0.3, 0.4) is 0 Å². The van der Waals surface area contributed by atoms with Gasteiger partial charge in [0.05, 0.1) is 0 Å². The van der Waals surface area contributed by atoms with E-state index >= 15 is 0 Å². The quantitative estimate of drug-likeness (QED) is 0.590.